The van der Waals surface area contributed by atoms with Crippen LogP contribution in [0.25, 0.3) is 0 Å². The molecule has 2 N–H and O–H groups in total. The Morgan fingerprint density at radius 3 is 2.00 bits per heavy atom. The Morgan fingerprint density at radius 1 is 1.13 bits per heavy atom. The Labute approximate surface area is 127 Å². The number of aliphatic hydroxyl groups excluding tert-OH is 1. The van der Waals surface area contributed by atoms with Crippen LogP contribution in [0.3, 0.4) is 0 Å². The van der Waals surface area contributed by atoms with Gasteiger partial charge in [-0.3, -0.25) is 4.79 Å². The molecule has 10 heteroatoms. The van der Waals surface area contributed by atoms with Crippen LogP contribution in [0.15, 0.2) is 18.2 Å². The van der Waals surface area contributed by atoms with Gasteiger partial charge in [-0.25, -0.2) is 0 Å². The number of benzene rings is 1. The lowest BCUT2D eigenvalue weighted by molar-refractivity contribution is -0.143. The summed E-state index contributed by atoms with van der Waals surface area (Å²) in [5, 5.41) is 10.9. The Balaban J connectivity index is 2.96. The summed E-state index contributed by atoms with van der Waals surface area (Å²) in [4.78, 5) is 11.4. The highest BCUT2D eigenvalue weighted by atomic mass is 19.4. The first-order valence-corrected chi connectivity index (χ1v) is 6.26. The van der Waals surface area contributed by atoms with E-state index in [1.165, 1.54) is 6.92 Å². The summed E-state index contributed by atoms with van der Waals surface area (Å²) in [5.74, 6) is -1.53. The first-order valence-electron chi connectivity index (χ1n) is 6.26. The van der Waals surface area contributed by atoms with Gasteiger partial charge in [0.1, 0.15) is 5.75 Å². The van der Waals surface area contributed by atoms with Gasteiger partial charge in [0.15, 0.2) is 6.61 Å². The average molecular weight is 345 g/mol. The zero-order valence-electron chi connectivity index (χ0n) is 11.8. The van der Waals surface area contributed by atoms with Gasteiger partial charge in [0.25, 0.3) is 5.91 Å². The van der Waals surface area contributed by atoms with Gasteiger partial charge >= 0.3 is 12.4 Å². The van der Waals surface area contributed by atoms with Gasteiger partial charge in [-0.1, -0.05) is 0 Å². The second-order valence-corrected chi connectivity index (χ2v) is 4.68. The number of nitrogens with one attached hydrogen (secondary N) is 1. The molecule has 0 fully saturated rings. The van der Waals surface area contributed by atoms with Crippen molar-refractivity contribution in [1.29, 1.82) is 0 Å². The topological polar surface area (TPSA) is 58.6 Å². The van der Waals surface area contributed by atoms with Crippen LogP contribution in [-0.2, 0) is 17.1 Å². The van der Waals surface area contributed by atoms with Crippen molar-refractivity contribution in [3.63, 3.8) is 0 Å². The highest BCUT2D eigenvalue weighted by Crippen LogP contribution is 2.38. The van der Waals surface area contributed by atoms with E-state index in [1.807, 2.05) is 0 Å². The van der Waals surface area contributed by atoms with Crippen LogP contribution in [0.1, 0.15) is 18.1 Å². The van der Waals surface area contributed by atoms with Crippen molar-refractivity contribution in [2.75, 3.05) is 13.2 Å². The molecule has 0 aromatic heterocycles. The van der Waals surface area contributed by atoms with E-state index in [1.54, 1.807) is 0 Å². The predicted octanol–water partition coefficient (Wildman–Crippen LogP) is 2.60. The Morgan fingerprint density at radius 2 is 1.61 bits per heavy atom. The number of rotatable bonds is 5. The van der Waals surface area contributed by atoms with Gasteiger partial charge in [0.05, 0.1) is 17.7 Å². The predicted molar refractivity (Wildman–Crippen MR) is 66.6 cm³/mol. The molecule has 0 aliphatic carbocycles. The molecule has 0 heterocycles. The van der Waals surface area contributed by atoms with Crippen LogP contribution >= 0.6 is 0 Å². The lowest BCUT2D eigenvalue weighted by Gasteiger charge is -2.15. The van der Waals surface area contributed by atoms with Crippen LogP contribution < -0.4 is 10.1 Å². The van der Waals surface area contributed by atoms with Gasteiger partial charge < -0.3 is 15.2 Å². The molecule has 1 atom stereocenters. The number of alkyl halides is 6. The maximum atomic E-state index is 12.6. The molecule has 0 saturated heterocycles. The van der Waals surface area contributed by atoms with E-state index < -0.39 is 47.8 Å². The summed E-state index contributed by atoms with van der Waals surface area (Å²) >= 11 is 0. The van der Waals surface area contributed by atoms with E-state index in [-0.39, 0.29) is 12.7 Å². The average Bonchev–Trinajstić information content (AvgIpc) is 2.42. The molecule has 4 nitrogen and oxygen atoms in total. The van der Waals surface area contributed by atoms with E-state index in [2.05, 4.69) is 5.32 Å². The van der Waals surface area contributed by atoms with Crippen molar-refractivity contribution >= 4 is 5.91 Å². The van der Waals surface area contributed by atoms with Crippen molar-refractivity contribution in [3.05, 3.63) is 29.3 Å². The maximum absolute atomic E-state index is 12.6. The van der Waals surface area contributed by atoms with Crippen LogP contribution in [0, 0.1) is 0 Å². The summed E-state index contributed by atoms with van der Waals surface area (Å²) in [5.41, 5.74) is -3.07. The zero-order chi connectivity index (χ0) is 17.8. The Bertz CT molecular complexity index is 523. The summed E-state index contributed by atoms with van der Waals surface area (Å²) in [6.07, 6.45) is -9.99. The quantitative estimate of drug-likeness (QED) is 0.807. The molecule has 1 aromatic carbocycles. The monoisotopic (exact) mass is 345 g/mol. The number of aliphatic hydroxyl groups is 1. The van der Waals surface area contributed by atoms with Crippen LogP contribution in [0.4, 0.5) is 26.3 Å². The number of ether oxygens (including phenoxy) is 1. The number of carbonyl (C=O) groups is 1. The van der Waals surface area contributed by atoms with E-state index in [0.29, 0.717) is 12.1 Å². The molecule has 130 valence electrons. The number of hydrogen-bond acceptors (Lipinski definition) is 3. The third-order valence-electron chi connectivity index (χ3n) is 2.61. The van der Waals surface area contributed by atoms with Crippen LogP contribution in [0.2, 0.25) is 0 Å². The summed E-state index contributed by atoms with van der Waals surface area (Å²) in [6, 6.07) is 0.0786. The van der Waals surface area contributed by atoms with Gasteiger partial charge in [-0.15, -0.1) is 0 Å². The van der Waals surface area contributed by atoms with E-state index in [9.17, 15) is 31.1 Å². The number of carbonyl (C=O) groups excluding carboxylic acids is 1. The maximum Gasteiger partial charge on any atom is 0.416 e. The number of hydrogen-bond donors (Lipinski definition) is 2. The lowest BCUT2D eigenvalue weighted by atomic mass is 10.1. The second-order valence-electron chi connectivity index (χ2n) is 4.68. The van der Waals surface area contributed by atoms with Gasteiger partial charge in [0, 0.05) is 6.04 Å². The molecule has 0 radical (unpaired) electrons. The molecule has 0 spiro atoms. The molecule has 1 amide bonds. The highest BCUT2D eigenvalue weighted by molar-refractivity contribution is 5.77. The van der Waals surface area contributed by atoms with E-state index in [4.69, 9.17) is 9.84 Å². The smallest absolute Gasteiger partial charge is 0.416 e. The van der Waals surface area contributed by atoms with E-state index in [0.717, 1.165) is 0 Å². The van der Waals surface area contributed by atoms with Gasteiger partial charge in [-0.05, 0) is 25.1 Å². The fraction of sp³-hybridized carbons (Fsp3) is 0.462. The molecule has 0 aliphatic heterocycles. The fourth-order valence-corrected chi connectivity index (χ4v) is 1.52. The molecular formula is C13H13F6NO3. The molecular weight excluding hydrogens is 332 g/mol. The molecule has 1 rings (SSSR count). The minimum absolute atomic E-state index is 0.0409. The first kappa shape index (κ1) is 19.1. The summed E-state index contributed by atoms with van der Waals surface area (Å²) in [7, 11) is 0. The fourth-order valence-electron chi connectivity index (χ4n) is 1.52. The van der Waals surface area contributed by atoms with Crippen molar-refractivity contribution < 1.29 is 41.0 Å². The third-order valence-corrected chi connectivity index (χ3v) is 2.61. The van der Waals surface area contributed by atoms with Gasteiger partial charge in [0.2, 0.25) is 0 Å². The van der Waals surface area contributed by atoms with Crippen molar-refractivity contribution in [2.24, 2.45) is 0 Å². The normalized spacial score (nSPS) is 13.6. The summed E-state index contributed by atoms with van der Waals surface area (Å²) in [6.45, 7) is 0.278. The zero-order valence-corrected chi connectivity index (χ0v) is 11.8. The number of amides is 1. The largest absolute Gasteiger partial charge is 0.484 e. The van der Waals surface area contributed by atoms with Gasteiger partial charge in [-0.2, -0.15) is 26.3 Å². The lowest BCUT2D eigenvalue weighted by Crippen LogP contribution is -2.38. The standard InChI is InChI=1S/C13H13F6NO3/c1-7(5-21)20-11(22)6-23-10-3-8(12(14,15)16)2-9(4-10)13(17,18)19/h2-4,7,21H,5-6H2,1H3,(H,20,22). The van der Waals surface area contributed by atoms with Crippen LogP contribution in [-0.4, -0.2) is 30.3 Å². The number of halogens is 6. The minimum Gasteiger partial charge on any atom is -0.484 e. The molecule has 0 saturated carbocycles. The van der Waals surface area contributed by atoms with E-state index >= 15 is 0 Å². The van der Waals surface area contributed by atoms with Crippen molar-refractivity contribution in [1.82, 2.24) is 5.32 Å². The summed E-state index contributed by atoms with van der Waals surface area (Å²) < 4.78 is 80.4. The van der Waals surface area contributed by atoms with Crippen molar-refractivity contribution in [3.8, 4) is 5.75 Å². The molecule has 0 bridgehead atoms. The highest BCUT2D eigenvalue weighted by Gasteiger charge is 2.37. The molecule has 0 aliphatic rings. The Hall–Kier alpha value is -1.97. The Kier molecular flexibility index (Phi) is 5.86. The minimum atomic E-state index is -4.99. The first-order chi connectivity index (χ1) is 10.4. The SMILES string of the molecule is CC(CO)NC(=O)COc1cc(C(F)(F)F)cc(C(F)(F)F)c1. The second kappa shape index (κ2) is 7.07. The third kappa shape index (κ3) is 5.97. The molecule has 1 unspecified atom stereocenters. The molecule has 1 aromatic rings. The van der Waals surface area contributed by atoms with Crippen molar-refractivity contribution in [2.45, 2.75) is 25.3 Å². The van der Waals surface area contributed by atoms with Crippen LogP contribution in [0.5, 0.6) is 5.75 Å². The molecule has 23 heavy (non-hydrogen) atoms.